The predicted molar refractivity (Wildman–Crippen MR) is 119 cm³/mol. The van der Waals surface area contributed by atoms with Crippen LogP contribution in [0.5, 0.6) is 0 Å². The lowest BCUT2D eigenvalue weighted by Gasteiger charge is -2.08. The largest absolute Gasteiger partial charge is 0.462 e. The summed E-state index contributed by atoms with van der Waals surface area (Å²) in [4.78, 5) is 47.1. The Labute approximate surface area is 188 Å². The van der Waals surface area contributed by atoms with Gasteiger partial charge in [0.05, 0.1) is 12.2 Å². The highest BCUT2D eigenvalue weighted by atomic mass is 79.9. The highest BCUT2D eigenvalue weighted by Crippen LogP contribution is 2.14. The van der Waals surface area contributed by atoms with Gasteiger partial charge in [-0.2, -0.15) is 0 Å². The standard InChI is InChI=1S/C22H23BrN2O6/c1-2-30-22(29)15-6-10-17(11-7-15)24-19(26)4-3-5-21(28)31-14-20(27)25-18-12-8-16(23)9-13-18/h6-13H,2-5,14H2,1H3,(H,24,26)(H,25,27). The maximum Gasteiger partial charge on any atom is 0.338 e. The van der Waals surface area contributed by atoms with Crippen LogP contribution in [0.4, 0.5) is 11.4 Å². The van der Waals surface area contributed by atoms with Gasteiger partial charge in [-0.1, -0.05) is 15.9 Å². The van der Waals surface area contributed by atoms with E-state index in [1.165, 1.54) is 0 Å². The molecule has 0 fully saturated rings. The molecule has 8 nitrogen and oxygen atoms in total. The third-order valence-electron chi connectivity index (χ3n) is 3.96. The van der Waals surface area contributed by atoms with Crippen molar-refractivity contribution in [1.29, 1.82) is 0 Å². The van der Waals surface area contributed by atoms with Gasteiger partial charge >= 0.3 is 11.9 Å². The van der Waals surface area contributed by atoms with Crippen LogP contribution in [-0.4, -0.2) is 37.0 Å². The summed E-state index contributed by atoms with van der Waals surface area (Å²) in [6.45, 7) is 1.62. The molecular weight excluding hydrogens is 468 g/mol. The normalized spacial score (nSPS) is 10.1. The van der Waals surface area contributed by atoms with E-state index in [9.17, 15) is 19.2 Å². The summed E-state index contributed by atoms with van der Waals surface area (Å²) < 4.78 is 10.7. The lowest BCUT2D eigenvalue weighted by molar-refractivity contribution is -0.147. The van der Waals surface area contributed by atoms with E-state index in [2.05, 4.69) is 26.6 Å². The number of hydrogen-bond acceptors (Lipinski definition) is 6. The minimum Gasteiger partial charge on any atom is -0.462 e. The van der Waals surface area contributed by atoms with E-state index < -0.39 is 24.5 Å². The van der Waals surface area contributed by atoms with Crippen molar-refractivity contribution in [1.82, 2.24) is 0 Å². The molecule has 0 unspecified atom stereocenters. The van der Waals surface area contributed by atoms with Crippen LogP contribution in [0.1, 0.15) is 36.5 Å². The van der Waals surface area contributed by atoms with E-state index in [1.807, 2.05) is 0 Å². The first-order chi connectivity index (χ1) is 14.9. The van der Waals surface area contributed by atoms with Gasteiger partial charge in [0, 0.05) is 28.7 Å². The lowest BCUT2D eigenvalue weighted by atomic mass is 10.2. The topological polar surface area (TPSA) is 111 Å². The Kier molecular flexibility index (Phi) is 9.70. The van der Waals surface area contributed by atoms with Crippen molar-refractivity contribution in [3.8, 4) is 0 Å². The second-order valence-corrected chi connectivity index (χ2v) is 7.33. The Morgan fingerprint density at radius 1 is 0.806 bits per heavy atom. The van der Waals surface area contributed by atoms with Crippen molar-refractivity contribution in [3.63, 3.8) is 0 Å². The van der Waals surface area contributed by atoms with Crippen molar-refractivity contribution in [2.45, 2.75) is 26.2 Å². The average molecular weight is 491 g/mol. The molecule has 2 N–H and O–H groups in total. The molecule has 0 saturated heterocycles. The van der Waals surface area contributed by atoms with Crippen LogP contribution in [0.15, 0.2) is 53.0 Å². The molecule has 31 heavy (non-hydrogen) atoms. The molecule has 2 amide bonds. The fourth-order valence-electron chi connectivity index (χ4n) is 2.47. The molecule has 0 bridgehead atoms. The van der Waals surface area contributed by atoms with Gasteiger partial charge in [0.1, 0.15) is 0 Å². The van der Waals surface area contributed by atoms with Gasteiger partial charge in [-0.05, 0) is 61.9 Å². The minimum atomic E-state index is -0.558. The molecule has 0 heterocycles. The van der Waals surface area contributed by atoms with Crippen molar-refractivity contribution >= 4 is 51.1 Å². The highest BCUT2D eigenvalue weighted by Gasteiger charge is 2.11. The fraction of sp³-hybridized carbons (Fsp3) is 0.273. The summed E-state index contributed by atoms with van der Waals surface area (Å²) in [6.07, 6.45) is 0.403. The average Bonchev–Trinajstić information content (AvgIpc) is 2.74. The van der Waals surface area contributed by atoms with Crippen LogP contribution in [0, 0.1) is 0 Å². The number of hydrogen-bond donors (Lipinski definition) is 2. The first kappa shape index (κ1) is 24.1. The SMILES string of the molecule is CCOC(=O)c1ccc(NC(=O)CCCC(=O)OCC(=O)Nc2ccc(Br)cc2)cc1. The molecule has 0 saturated carbocycles. The van der Waals surface area contributed by atoms with Crippen molar-refractivity contribution < 1.29 is 28.7 Å². The van der Waals surface area contributed by atoms with Gasteiger partial charge in [-0.15, -0.1) is 0 Å². The fourth-order valence-corrected chi connectivity index (χ4v) is 2.73. The van der Waals surface area contributed by atoms with Crippen LogP contribution in [0.2, 0.25) is 0 Å². The van der Waals surface area contributed by atoms with Gasteiger partial charge in [0.15, 0.2) is 6.61 Å². The number of rotatable bonds is 10. The Balaban J connectivity index is 1.63. The summed E-state index contributed by atoms with van der Waals surface area (Å²) in [6, 6.07) is 13.3. The summed E-state index contributed by atoms with van der Waals surface area (Å²) in [7, 11) is 0. The monoisotopic (exact) mass is 490 g/mol. The quantitative estimate of drug-likeness (QED) is 0.488. The highest BCUT2D eigenvalue weighted by molar-refractivity contribution is 9.10. The maximum atomic E-state index is 12.0. The Morgan fingerprint density at radius 2 is 1.39 bits per heavy atom. The molecule has 0 aliphatic carbocycles. The number of amides is 2. The summed E-state index contributed by atoms with van der Waals surface area (Å²) in [5, 5.41) is 5.30. The van der Waals surface area contributed by atoms with E-state index in [4.69, 9.17) is 9.47 Å². The number of anilines is 2. The van der Waals surface area contributed by atoms with Gasteiger partial charge in [-0.3, -0.25) is 14.4 Å². The number of esters is 2. The van der Waals surface area contributed by atoms with Crippen molar-refractivity contribution in [2.75, 3.05) is 23.8 Å². The van der Waals surface area contributed by atoms with Crippen LogP contribution in [-0.2, 0) is 23.9 Å². The summed E-state index contributed by atoms with van der Waals surface area (Å²) in [5.41, 5.74) is 1.52. The molecular formula is C22H23BrN2O6. The maximum absolute atomic E-state index is 12.0. The van der Waals surface area contributed by atoms with Gasteiger partial charge in [-0.25, -0.2) is 4.79 Å². The molecule has 0 radical (unpaired) electrons. The molecule has 0 spiro atoms. The Bertz CT molecular complexity index is 913. The van der Waals surface area contributed by atoms with Crippen LogP contribution >= 0.6 is 15.9 Å². The zero-order chi connectivity index (χ0) is 22.6. The van der Waals surface area contributed by atoms with Crippen LogP contribution in [0.25, 0.3) is 0 Å². The number of halogens is 1. The summed E-state index contributed by atoms with van der Waals surface area (Å²) >= 11 is 3.30. The third-order valence-corrected chi connectivity index (χ3v) is 4.49. The first-order valence-electron chi connectivity index (χ1n) is 9.65. The third kappa shape index (κ3) is 9.00. The van der Waals surface area contributed by atoms with Gasteiger partial charge in [0.25, 0.3) is 5.91 Å². The summed E-state index contributed by atoms with van der Waals surface area (Å²) in [5.74, 6) is -1.70. The van der Waals surface area contributed by atoms with Crippen LogP contribution in [0.3, 0.4) is 0 Å². The molecule has 9 heteroatoms. The lowest BCUT2D eigenvalue weighted by Crippen LogP contribution is -2.21. The molecule has 0 aliphatic rings. The van der Waals surface area contributed by atoms with Gasteiger partial charge in [0.2, 0.25) is 5.91 Å². The molecule has 0 aliphatic heterocycles. The van der Waals surface area contributed by atoms with Gasteiger partial charge < -0.3 is 20.1 Å². The number of nitrogens with one attached hydrogen (secondary N) is 2. The molecule has 0 atom stereocenters. The molecule has 2 aromatic carbocycles. The Morgan fingerprint density at radius 3 is 2.00 bits per heavy atom. The zero-order valence-electron chi connectivity index (χ0n) is 17.0. The number of benzene rings is 2. The second-order valence-electron chi connectivity index (χ2n) is 6.42. The molecule has 0 aromatic heterocycles. The Hall–Kier alpha value is -3.20. The zero-order valence-corrected chi connectivity index (χ0v) is 18.6. The minimum absolute atomic E-state index is 0.0147. The first-order valence-corrected chi connectivity index (χ1v) is 10.4. The number of ether oxygens (including phenoxy) is 2. The van der Waals surface area contributed by atoms with E-state index >= 15 is 0 Å². The van der Waals surface area contributed by atoms with E-state index in [0.29, 0.717) is 16.9 Å². The predicted octanol–water partition coefficient (Wildman–Crippen LogP) is 3.92. The smallest absolute Gasteiger partial charge is 0.338 e. The molecule has 2 rings (SSSR count). The number of carbonyl (C=O) groups excluding carboxylic acids is 4. The molecule has 2 aromatic rings. The number of carbonyl (C=O) groups is 4. The van der Waals surface area contributed by atoms with E-state index in [1.54, 1.807) is 55.5 Å². The van der Waals surface area contributed by atoms with Crippen LogP contribution < -0.4 is 10.6 Å². The molecule has 164 valence electrons. The van der Waals surface area contributed by atoms with Crippen molar-refractivity contribution in [2.24, 2.45) is 0 Å². The van der Waals surface area contributed by atoms with E-state index in [-0.39, 0.29) is 31.8 Å². The van der Waals surface area contributed by atoms with E-state index in [0.717, 1.165) is 4.47 Å². The second kappa shape index (κ2) is 12.5. The van der Waals surface area contributed by atoms with Crippen molar-refractivity contribution in [3.05, 3.63) is 58.6 Å².